The fourth-order valence-electron chi connectivity index (χ4n) is 2.64. The minimum Gasteiger partial charge on any atom is -0.466 e. The molecule has 1 heterocycles. The van der Waals surface area contributed by atoms with Gasteiger partial charge in [0.15, 0.2) is 0 Å². The number of alkyl carbamates (subject to hydrolysis) is 1. The highest BCUT2D eigenvalue weighted by Gasteiger charge is 2.45. The summed E-state index contributed by atoms with van der Waals surface area (Å²) in [6.45, 7) is 7.19. The lowest BCUT2D eigenvalue weighted by molar-refractivity contribution is -0.141. The van der Waals surface area contributed by atoms with Crippen molar-refractivity contribution < 1.29 is 23.8 Å². The number of hydrogen-bond acceptors (Lipinski definition) is 5. The molecule has 6 nitrogen and oxygen atoms in total. The predicted octanol–water partition coefficient (Wildman–Crippen LogP) is 2.84. The van der Waals surface area contributed by atoms with Crippen molar-refractivity contribution in [3.05, 3.63) is 35.9 Å². The van der Waals surface area contributed by atoms with Gasteiger partial charge in [-0.2, -0.15) is 0 Å². The molecule has 0 aromatic heterocycles. The first-order chi connectivity index (χ1) is 11.7. The summed E-state index contributed by atoms with van der Waals surface area (Å²) in [6, 6.07) is 9.71. The lowest BCUT2D eigenvalue weighted by atomic mass is 10.0. The summed E-state index contributed by atoms with van der Waals surface area (Å²) in [4.78, 5) is 23.0. The van der Waals surface area contributed by atoms with E-state index < -0.39 is 11.7 Å². The maximum atomic E-state index is 12.1. The van der Waals surface area contributed by atoms with Crippen LogP contribution in [0.4, 0.5) is 4.79 Å². The van der Waals surface area contributed by atoms with E-state index in [4.69, 9.17) is 14.2 Å². The normalized spacial score (nSPS) is 20.5. The number of nitrogens with one attached hydrogen (secondary N) is 1. The molecule has 1 amide bonds. The van der Waals surface area contributed by atoms with Crippen molar-refractivity contribution in [1.82, 2.24) is 5.32 Å². The predicted molar refractivity (Wildman–Crippen MR) is 93.2 cm³/mol. The molecule has 1 saturated heterocycles. The van der Waals surface area contributed by atoms with Gasteiger partial charge in [0, 0.05) is 13.3 Å². The Labute approximate surface area is 148 Å². The first-order valence-corrected chi connectivity index (χ1v) is 8.57. The van der Waals surface area contributed by atoms with Crippen molar-refractivity contribution in [2.45, 2.75) is 64.4 Å². The Morgan fingerprint density at radius 3 is 2.52 bits per heavy atom. The number of hydrogen-bond donors (Lipinski definition) is 1. The summed E-state index contributed by atoms with van der Waals surface area (Å²) in [5.41, 5.74) is 0.554. The van der Waals surface area contributed by atoms with Crippen LogP contribution in [0.1, 0.15) is 39.7 Å². The van der Waals surface area contributed by atoms with Crippen molar-refractivity contribution in [3.63, 3.8) is 0 Å². The summed E-state index contributed by atoms with van der Waals surface area (Å²) in [7, 11) is 0. The van der Waals surface area contributed by atoms with E-state index in [0.717, 1.165) is 5.56 Å². The van der Waals surface area contributed by atoms with Crippen molar-refractivity contribution in [1.29, 1.82) is 0 Å². The molecule has 6 heteroatoms. The molecule has 0 radical (unpaired) electrons. The second kappa shape index (κ2) is 8.34. The van der Waals surface area contributed by atoms with Crippen LogP contribution in [0.15, 0.2) is 30.3 Å². The van der Waals surface area contributed by atoms with Gasteiger partial charge in [0.1, 0.15) is 11.7 Å². The summed E-state index contributed by atoms with van der Waals surface area (Å²) in [5.74, 6) is -0.301. The van der Waals surface area contributed by atoms with E-state index in [1.807, 2.05) is 51.1 Å². The number of esters is 1. The number of rotatable bonds is 7. The van der Waals surface area contributed by atoms with E-state index >= 15 is 0 Å². The molecule has 1 aromatic carbocycles. The third-order valence-corrected chi connectivity index (χ3v) is 3.73. The topological polar surface area (TPSA) is 77.2 Å². The van der Waals surface area contributed by atoms with Gasteiger partial charge in [0.25, 0.3) is 0 Å². The molecule has 1 fully saturated rings. The largest absolute Gasteiger partial charge is 0.466 e. The summed E-state index contributed by atoms with van der Waals surface area (Å²) in [5, 5.41) is 2.92. The van der Waals surface area contributed by atoms with Crippen LogP contribution in [-0.4, -0.2) is 42.5 Å². The van der Waals surface area contributed by atoms with Gasteiger partial charge in [0.2, 0.25) is 0 Å². The van der Waals surface area contributed by atoms with Gasteiger partial charge >= 0.3 is 12.1 Å². The minimum atomic E-state index is -0.555. The molecular formula is C19H27NO5. The Kier molecular flexibility index (Phi) is 6.42. The van der Waals surface area contributed by atoms with E-state index in [1.165, 1.54) is 6.92 Å². The van der Waals surface area contributed by atoms with Gasteiger partial charge in [-0.05, 0) is 32.8 Å². The molecule has 0 spiro atoms. The molecule has 25 heavy (non-hydrogen) atoms. The van der Waals surface area contributed by atoms with E-state index in [2.05, 4.69) is 5.32 Å². The molecule has 1 N–H and O–H groups in total. The van der Waals surface area contributed by atoms with Gasteiger partial charge < -0.3 is 19.5 Å². The maximum absolute atomic E-state index is 12.1. The SMILES string of the molecule is CC(=O)OCC[C@H]1O[C@@H]1[C@H](Cc1ccccc1)NC(=O)OC(C)(C)C. The van der Waals surface area contributed by atoms with Crippen LogP contribution in [-0.2, 0) is 25.4 Å². The van der Waals surface area contributed by atoms with Crippen molar-refractivity contribution >= 4 is 12.1 Å². The standard InChI is InChI=1S/C19H27NO5/c1-13(21)23-11-10-16-17(24-16)15(12-14-8-6-5-7-9-14)20-18(22)25-19(2,3)4/h5-9,15-17H,10-12H2,1-4H3,(H,20,22)/t15-,16+,17+/m0/s1. The van der Waals surface area contributed by atoms with Crippen LogP contribution in [0.3, 0.4) is 0 Å². The quantitative estimate of drug-likeness (QED) is 0.605. The second-order valence-electron chi connectivity index (χ2n) is 7.21. The summed E-state index contributed by atoms with van der Waals surface area (Å²) >= 11 is 0. The Balaban J connectivity index is 1.93. The number of ether oxygens (including phenoxy) is 3. The number of carbonyl (C=O) groups excluding carboxylic acids is 2. The first kappa shape index (κ1) is 19.2. The number of benzene rings is 1. The highest BCUT2D eigenvalue weighted by molar-refractivity contribution is 5.68. The third-order valence-electron chi connectivity index (χ3n) is 3.73. The van der Waals surface area contributed by atoms with Crippen LogP contribution in [0.2, 0.25) is 0 Å². The number of carbonyl (C=O) groups is 2. The molecule has 1 aliphatic rings. The van der Waals surface area contributed by atoms with E-state index in [9.17, 15) is 9.59 Å². The first-order valence-electron chi connectivity index (χ1n) is 8.57. The van der Waals surface area contributed by atoms with E-state index in [-0.39, 0.29) is 24.2 Å². The van der Waals surface area contributed by atoms with Crippen molar-refractivity contribution in [2.75, 3.05) is 6.61 Å². The zero-order chi connectivity index (χ0) is 18.4. The molecule has 0 bridgehead atoms. The second-order valence-corrected chi connectivity index (χ2v) is 7.21. The molecule has 0 unspecified atom stereocenters. The smallest absolute Gasteiger partial charge is 0.407 e. The average molecular weight is 349 g/mol. The van der Waals surface area contributed by atoms with Crippen LogP contribution in [0, 0.1) is 0 Å². The van der Waals surface area contributed by atoms with Crippen molar-refractivity contribution in [3.8, 4) is 0 Å². The van der Waals surface area contributed by atoms with Crippen LogP contribution < -0.4 is 5.32 Å². The van der Waals surface area contributed by atoms with Gasteiger partial charge in [-0.15, -0.1) is 0 Å². The Morgan fingerprint density at radius 1 is 1.24 bits per heavy atom. The Hall–Kier alpha value is -2.08. The molecule has 1 aliphatic heterocycles. The Bertz CT molecular complexity index is 581. The average Bonchev–Trinajstić information content (AvgIpc) is 3.25. The van der Waals surface area contributed by atoms with E-state index in [0.29, 0.717) is 19.4 Å². The third kappa shape index (κ3) is 7.13. The monoisotopic (exact) mass is 349 g/mol. The van der Waals surface area contributed by atoms with E-state index in [1.54, 1.807) is 0 Å². The molecule has 0 aliphatic carbocycles. The fourth-order valence-corrected chi connectivity index (χ4v) is 2.64. The molecule has 1 aromatic rings. The van der Waals surface area contributed by atoms with Crippen LogP contribution in [0.25, 0.3) is 0 Å². The van der Waals surface area contributed by atoms with Crippen LogP contribution in [0.5, 0.6) is 0 Å². The number of epoxide rings is 1. The lowest BCUT2D eigenvalue weighted by Gasteiger charge is -2.23. The molecule has 2 rings (SSSR count). The zero-order valence-corrected chi connectivity index (χ0v) is 15.3. The van der Waals surface area contributed by atoms with Gasteiger partial charge in [-0.1, -0.05) is 30.3 Å². The zero-order valence-electron chi connectivity index (χ0n) is 15.3. The Morgan fingerprint density at radius 2 is 1.92 bits per heavy atom. The maximum Gasteiger partial charge on any atom is 0.407 e. The van der Waals surface area contributed by atoms with Crippen LogP contribution >= 0.6 is 0 Å². The minimum absolute atomic E-state index is 0.0250. The molecule has 3 atom stereocenters. The van der Waals surface area contributed by atoms with Gasteiger partial charge in [-0.25, -0.2) is 4.79 Å². The highest BCUT2D eigenvalue weighted by atomic mass is 16.6. The summed E-state index contributed by atoms with van der Waals surface area (Å²) < 4.78 is 16.0. The van der Waals surface area contributed by atoms with Crippen molar-refractivity contribution in [2.24, 2.45) is 0 Å². The highest BCUT2D eigenvalue weighted by Crippen LogP contribution is 2.30. The molecule has 0 saturated carbocycles. The van der Waals surface area contributed by atoms with Gasteiger partial charge in [0.05, 0.1) is 18.8 Å². The summed E-state index contributed by atoms with van der Waals surface area (Å²) in [6.07, 6.45) is 0.675. The fraction of sp³-hybridized carbons (Fsp3) is 0.579. The lowest BCUT2D eigenvalue weighted by Crippen LogP contribution is -2.43. The number of amides is 1. The molecule has 138 valence electrons. The van der Waals surface area contributed by atoms with Gasteiger partial charge in [-0.3, -0.25) is 4.79 Å². The molecular weight excluding hydrogens is 322 g/mol.